The second-order valence-corrected chi connectivity index (χ2v) is 18.5. The van der Waals surface area contributed by atoms with Gasteiger partial charge in [-0.3, -0.25) is 38.4 Å². The first-order chi connectivity index (χ1) is 30.7. The molecule has 0 saturated carbocycles. The van der Waals surface area contributed by atoms with E-state index in [-0.39, 0.29) is 25.2 Å². The molecular weight excluding hydrogens is 831 g/mol. The van der Waals surface area contributed by atoms with Crippen molar-refractivity contribution < 1.29 is 38.4 Å². The SMILES string of the molecule is CC[C@@H](C)[C@H]1NC(=O)[C@H]([C@@H](C)CC)NC(=O)[C@@H](C)NC(=O)[C@H]([C@@H](C)CC)NC(=O)[C@@H](CC(C)C)NC(=O)[C@@H](Cc2ccccc2)NC(=O)[C@H]([C@@H](C)CC)NC(=O)[C@H](CCCCN)NC1=O. The van der Waals surface area contributed by atoms with Crippen molar-refractivity contribution in [3.8, 4) is 0 Å². The summed E-state index contributed by atoms with van der Waals surface area (Å²) in [7, 11) is 0. The smallest absolute Gasteiger partial charge is 0.243 e. The molecule has 65 heavy (non-hydrogen) atoms. The normalized spacial score (nSPS) is 27.0. The largest absolute Gasteiger partial charge is 0.343 e. The lowest BCUT2D eigenvalue weighted by molar-refractivity contribution is -0.138. The average Bonchev–Trinajstić information content (AvgIpc) is 3.28. The standard InChI is InChI=1S/C48H81N9O8/c1-12-28(7)37-45(62)50-32(11)41(58)54-40(31(10)15-4)48(65)57-39(30(9)14-3)46(63)51-34(23-19-20-24-49)42(59)55-38(29(8)13-2)47(64)53-36(26-33-21-17-16-18-22-33)43(60)52-35(25-27(5)6)44(61)56-37/h16-18,21-22,27-32,34-40H,12-15,19-20,23-26,49H2,1-11H3,(H,50,62)(H,51,63)(H,52,60)(H,53,64)(H,54,58)(H,55,59)(H,56,61)(H,57,65)/t28-,29-,30+,31-,32+,34-,35+,36+,37-,38-,39+,40-/m0/s1. The third-order valence-electron chi connectivity index (χ3n) is 12.8. The summed E-state index contributed by atoms with van der Waals surface area (Å²) in [6, 6.07) is -0.0336. The summed E-state index contributed by atoms with van der Waals surface area (Å²) < 4.78 is 0. The average molecular weight is 912 g/mol. The summed E-state index contributed by atoms with van der Waals surface area (Å²) in [4.78, 5) is 113. The van der Waals surface area contributed by atoms with Crippen molar-refractivity contribution in [2.45, 2.75) is 182 Å². The van der Waals surface area contributed by atoms with E-state index in [1.165, 1.54) is 6.92 Å². The predicted octanol–water partition coefficient (Wildman–Crippen LogP) is 2.50. The maximum atomic E-state index is 14.4. The van der Waals surface area contributed by atoms with Gasteiger partial charge in [-0.25, -0.2) is 0 Å². The van der Waals surface area contributed by atoms with Crippen molar-refractivity contribution in [3.05, 3.63) is 35.9 Å². The lowest BCUT2D eigenvalue weighted by Crippen LogP contribution is -2.63. The highest BCUT2D eigenvalue weighted by atomic mass is 16.2. The van der Waals surface area contributed by atoms with Gasteiger partial charge in [-0.1, -0.05) is 125 Å². The van der Waals surface area contributed by atoms with Crippen LogP contribution in [0.2, 0.25) is 0 Å². The first-order valence-electron chi connectivity index (χ1n) is 23.9. The summed E-state index contributed by atoms with van der Waals surface area (Å²) in [5.74, 6) is -6.79. The summed E-state index contributed by atoms with van der Waals surface area (Å²) in [6.07, 6.45) is 3.35. The Bertz CT molecular complexity index is 1730. The molecular formula is C48H81N9O8. The van der Waals surface area contributed by atoms with Crippen molar-refractivity contribution >= 4 is 47.3 Å². The first kappa shape index (κ1) is 56.1. The highest BCUT2D eigenvalue weighted by Gasteiger charge is 2.38. The first-order valence-corrected chi connectivity index (χ1v) is 23.9. The molecule has 10 N–H and O–H groups in total. The van der Waals surface area contributed by atoms with Gasteiger partial charge in [-0.15, -0.1) is 0 Å². The number of nitrogens with one attached hydrogen (secondary N) is 8. The van der Waals surface area contributed by atoms with Crippen LogP contribution >= 0.6 is 0 Å². The number of carbonyl (C=O) groups excluding carboxylic acids is 8. The minimum atomic E-state index is -1.20. The van der Waals surface area contributed by atoms with Crippen molar-refractivity contribution in [2.24, 2.45) is 35.3 Å². The van der Waals surface area contributed by atoms with E-state index in [0.29, 0.717) is 45.1 Å². The summed E-state index contributed by atoms with van der Waals surface area (Å²) >= 11 is 0. The van der Waals surface area contributed by atoms with E-state index in [9.17, 15) is 38.4 Å². The van der Waals surface area contributed by atoms with Gasteiger partial charge in [0.2, 0.25) is 47.3 Å². The molecule has 1 heterocycles. The maximum Gasteiger partial charge on any atom is 0.243 e. The van der Waals surface area contributed by atoms with Crippen molar-refractivity contribution in [1.29, 1.82) is 0 Å². The zero-order valence-electron chi connectivity index (χ0n) is 40.8. The highest BCUT2D eigenvalue weighted by molar-refractivity contribution is 5.99. The number of hydrogen-bond donors (Lipinski definition) is 9. The van der Waals surface area contributed by atoms with Gasteiger partial charge in [0.1, 0.15) is 48.3 Å². The van der Waals surface area contributed by atoms with E-state index in [1.54, 1.807) is 39.8 Å². The molecule has 17 nitrogen and oxygen atoms in total. The van der Waals surface area contributed by atoms with E-state index in [4.69, 9.17) is 5.73 Å². The fourth-order valence-electron chi connectivity index (χ4n) is 7.52. The number of hydrogen-bond acceptors (Lipinski definition) is 9. The topological polar surface area (TPSA) is 259 Å². The predicted molar refractivity (Wildman–Crippen MR) is 251 cm³/mol. The Balaban J connectivity index is 2.81. The minimum Gasteiger partial charge on any atom is -0.343 e. The van der Waals surface area contributed by atoms with E-state index < -0.39 is 119 Å². The molecule has 1 saturated heterocycles. The van der Waals surface area contributed by atoms with Crippen LogP contribution < -0.4 is 48.3 Å². The quantitative estimate of drug-likeness (QED) is 0.110. The van der Waals surface area contributed by atoms with E-state index in [0.717, 1.165) is 5.56 Å². The Morgan fingerprint density at radius 1 is 0.462 bits per heavy atom. The fourth-order valence-corrected chi connectivity index (χ4v) is 7.52. The Morgan fingerprint density at radius 3 is 1.28 bits per heavy atom. The Kier molecular flexibility index (Phi) is 24.2. The molecule has 2 rings (SSSR count). The third-order valence-corrected chi connectivity index (χ3v) is 12.8. The highest BCUT2D eigenvalue weighted by Crippen LogP contribution is 2.17. The van der Waals surface area contributed by atoms with Gasteiger partial charge in [-0.05, 0) is 74.3 Å². The molecule has 0 unspecified atom stereocenters. The van der Waals surface area contributed by atoms with Gasteiger partial charge in [0.25, 0.3) is 0 Å². The number of benzene rings is 1. The van der Waals surface area contributed by atoms with Gasteiger partial charge < -0.3 is 48.3 Å². The molecule has 1 aliphatic rings. The second-order valence-electron chi connectivity index (χ2n) is 18.5. The molecule has 1 aromatic carbocycles. The Labute approximate surface area is 387 Å². The fraction of sp³-hybridized carbons (Fsp3) is 0.708. The molecule has 0 aliphatic carbocycles. The number of unbranched alkanes of at least 4 members (excludes halogenated alkanes) is 1. The summed E-state index contributed by atoms with van der Waals surface area (Å²) in [5.41, 5.74) is 6.53. The monoisotopic (exact) mass is 912 g/mol. The molecule has 0 bridgehead atoms. The lowest BCUT2D eigenvalue weighted by atomic mass is 9.94. The van der Waals surface area contributed by atoms with Crippen LogP contribution in [-0.2, 0) is 44.8 Å². The molecule has 1 fully saturated rings. The van der Waals surface area contributed by atoms with E-state index in [1.807, 2.05) is 59.7 Å². The summed E-state index contributed by atoms with van der Waals surface area (Å²) in [6.45, 7) is 20.2. The van der Waals surface area contributed by atoms with Gasteiger partial charge in [0, 0.05) is 6.42 Å². The number of amides is 8. The van der Waals surface area contributed by atoms with Crippen molar-refractivity contribution in [3.63, 3.8) is 0 Å². The van der Waals surface area contributed by atoms with Crippen LogP contribution in [-0.4, -0.2) is 102 Å². The van der Waals surface area contributed by atoms with Crippen LogP contribution in [0.5, 0.6) is 0 Å². The zero-order valence-corrected chi connectivity index (χ0v) is 40.8. The van der Waals surface area contributed by atoms with E-state index >= 15 is 0 Å². The van der Waals surface area contributed by atoms with Crippen LogP contribution in [0, 0.1) is 29.6 Å². The van der Waals surface area contributed by atoms with Crippen molar-refractivity contribution in [2.75, 3.05) is 6.54 Å². The van der Waals surface area contributed by atoms with Crippen molar-refractivity contribution in [1.82, 2.24) is 42.5 Å². The zero-order chi connectivity index (χ0) is 49.0. The van der Waals surface area contributed by atoms with E-state index in [2.05, 4.69) is 42.5 Å². The van der Waals surface area contributed by atoms with Crippen LogP contribution in [0.15, 0.2) is 30.3 Å². The Hall–Kier alpha value is -5.06. The van der Waals surface area contributed by atoms with Gasteiger partial charge in [0.15, 0.2) is 0 Å². The lowest BCUT2D eigenvalue weighted by Gasteiger charge is -2.32. The molecule has 1 aromatic rings. The van der Waals surface area contributed by atoms with Gasteiger partial charge in [0.05, 0.1) is 0 Å². The van der Waals surface area contributed by atoms with Crippen LogP contribution in [0.25, 0.3) is 0 Å². The number of nitrogens with two attached hydrogens (primary N) is 1. The third kappa shape index (κ3) is 17.7. The molecule has 366 valence electrons. The number of carbonyl (C=O) groups is 8. The molecule has 17 heteroatoms. The van der Waals surface area contributed by atoms with Gasteiger partial charge in [-0.2, -0.15) is 0 Å². The minimum absolute atomic E-state index is 0.0475. The van der Waals surface area contributed by atoms with Crippen LogP contribution in [0.4, 0.5) is 0 Å². The summed E-state index contributed by atoms with van der Waals surface area (Å²) in [5, 5.41) is 22.6. The number of rotatable bonds is 16. The molecule has 12 atom stereocenters. The molecule has 0 aromatic heterocycles. The molecule has 8 amide bonds. The van der Waals surface area contributed by atoms with Crippen LogP contribution in [0.3, 0.4) is 0 Å². The maximum absolute atomic E-state index is 14.4. The Morgan fingerprint density at radius 2 is 0.831 bits per heavy atom. The van der Waals surface area contributed by atoms with Crippen LogP contribution in [0.1, 0.15) is 133 Å². The second kappa shape index (κ2) is 28.1. The van der Waals surface area contributed by atoms with Gasteiger partial charge >= 0.3 is 0 Å². The molecule has 0 radical (unpaired) electrons. The molecule has 1 aliphatic heterocycles. The molecule has 0 spiro atoms.